The van der Waals surface area contributed by atoms with Crippen molar-refractivity contribution in [3.05, 3.63) is 29.3 Å². The zero-order valence-electron chi connectivity index (χ0n) is 7.63. The molecule has 0 fully saturated rings. The third-order valence-electron chi connectivity index (χ3n) is 1.90. The summed E-state index contributed by atoms with van der Waals surface area (Å²) in [6.07, 6.45) is 0. The average molecular weight is 338 g/mol. The Labute approximate surface area is 106 Å². The molecule has 1 aromatic rings. The van der Waals surface area contributed by atoms with Crippen molar-refractivity contribution in [3.63, 3.8) is 0 Å². The maximum atomic E-state index is 11.2. The van der Waals surface area contributed by atoms with E-state index in [1.165, 1.54) is 0 Å². The summed E-state index contributed by atoms with van der Waals surface area (Å²) >= 11 is 11.0. The van der Waals surface area contributed by atoms with Crippen LogP contribution in [0.15, 0.2) is 23.1 Å². The molecule has 0 heterocycles. The van der Waals surface area contributed by atoms with Crippen molar-refractivity contribution in [3.8, 4) is 0 Å². The molecule has 0 amide bonds. The largest absolute Gasteiger partial charge is 0.298 e. The first-order valence-corrected chi connectivity index (χ1v) is 6.57. The quantitative estimate of drug-likeness (QED) is 0.654. The lowest BCUT2D eigenvalue weighted by Gasteiger charge is -2.11. The number of hydrogen-bond donors (Lipinski definition) is 1. The lowest BCUT2D eigenvalue weighted by molar-refractivity contribution is -0.116. The molecule has 4 heteroatoms. The molecule has 76 valence electrons. The van der Waals surface area contributed by atoms with E-state index in [1.54, 1.807) is 6.92 Å². The number of hydrogen-bond acceptors (Lipinski definition) is 2. The fraction of sp³-hybridized carbons (Fsp3) is 0.300. The number of rotatable bonds is 3. The minimum absolute atomic E-state index is 0.110. The minimum atomic E-state index is -0.219. The third kappa shape index (κ3) is 2.84. The van der Waals surface area contributed by atoms with Crippen LogP contribution in [0.2, 0.25) is 0 Å². The molecule has 0 N–H and O–H groups in total. The second-order valence-electron chi connectivity index (χ2n) is 2.99. The van der Waals surface area contributed by atoms with Crippen LogP contribution in [0.4, 0.5) is 0 Å². The first-order valence-electron chi connectivity index (χ1n) is 4.08. The fourth-order valence-electron chi connectivity index (χ4n) is 1.17. The molecule has 0 saturated heterocycles. The SMILES string of the molecule is CC(=O)C(Br)c1ccc(S)cc1CBr. The Morgan fingerprint density at radius 1 is 1.57 bits per heavy atom. The van der Waals surface area contributed by atoms with Crippen LogP contribution >= 0.6 is 44.5 Å². The molecule has 0 radical (unpaired) electrons. The summed E-state index contributed by atoms with van der Waals surface area (Å²) in [4.78, 5) is 11.9. The summed E-state index contributed by atoms with van der Waals surface area (Å²) in [6.45, 7) is 1.58. The lowest BCUT2D eigenvalue weighted by atomic mass is 10.0. The molecule has 0 aliphatic heterocycles. The predicted molar refractivity (Wildman–Crippen MR) is 68.7 cm³/mol. The number of benzene rings is 1. The van der Waals surface area contributed by atoms with Crippen molar-refractivity contribution in [1.82, 2.24) is 0 Å². The van der Waals surface area contributed by atoms with E-state index in [-0.39, 0.29) is 10.6 Å². The van der Waals surface area contributed by atoms with E-state index in [0.29, 0.717) is 0 Å². The molecule has 0 spiro atoms. The van der Waals surface area contributed by atoms with E-state index in [1.807, 2.05) is 18.2 Å². The average Bonchev–Trinajstić information content (AvgIpc) is 2.16. The summed E-state index contributed by atoms with van der Waals surface area (Å²) in [5.41, 5.74) is 2.10. The van der Waals surface area contributed by atoms with E-state index >= 15 is 0 Å². The first kappa shape index (κ1) is 12.3. The van der Waals surface area contributed by atoms with Crippen LogP contribution in [0.3, 0.4) is 0 Å². The topological polar surface area (TPSA) is 17.1 Å². The second kappa shape index (κ2) is 5.33. The molecule has 0 aliphatic carbocycles. The molecule has 1 unspecified atom stereocenters. The first-order chi connectivity index (χ1) is 6.56. The van der Waals surface area contributed by atoms with Crippen molar-refractivity contribution in [2.75, 3.05) is 0 Å². The summed E-state index contributed by atoms with van der Waals surface area (Å²) in [7, 11) is 0. The van der Waals surface area contributed by atoms with Crippen LogP contribution in [-0.2, 0) is 10.1 Å². The number of halogens is 2. The Hall–Kier alpha value is 0.200. The van der Waals surface area contributed by atoms with Crippen molar-refractivity contribution in [2.45, 2.75) is 22.0 Å². The highest BCUT2D eigenvalue weighted by Gasteiger charge is 2.15. The zero-order chi connectivity index (χ0) is 10.7. The number of thiol groups is 1. The highest BCUT2D eigenvalue weighted by Crippen LogP contribution is 2.29. The van der Waals surface area contributed by atoms with E-state index in [9.17, 15) is 4.79 Å². The fourth-order valence-corrected chi connectivity index (χ4v) is 2.34. The number of alkyl halides is 2. The predicted octanol–water partition coefficient (Wildman–Crippen LogP) is 3.90. The standard InChI is InChI=1S/C10H10Br2OS/c1-6(13)10(12)9-3-2-8(14)4-7(9)5-11/h2-4,10,14H,5H2,1H3. The van der Waals surface area contributed by atoms with E-state index < -0.39 is 0 Å². The minimum Gasteiger partial charge on any atom is -0.298 e. The summed E-state index contributed by atoms with van der Waals surface area (Å²) in [5.74, 6) is 0.110. The molecule has 14 heavy (non-hydrogen) atoms. The number of carbonyl (C=O) groups excluding carboxylic acids is 1. The molecule has 0 bridgehead atoms. The maximum Gasteiger partial charge on any atom is 0.147 e. The smallest absolute Gasteiger partial charge is 0.147 e. The van der Waals surface area contributed by atoms with Gasteiger partial charge in [-0.05, 0) is 30.2 Å². The maximum absolute atomic E-state index is 11.2. The molecule has 1 rings (SSSR count). The highest BCUT2D eigenvalue weighted by molar-refractivity contribution is 9.09. The van der Waals surface area contributed by atoms with Crippen LogP contribution in [0.5, 0.6) is 0 Å². The van der Waals surface area contributed by atoms with Crippen molar-refractivity contribution in [1.29, 1.82) is 0 Å². The van der Waals surface area contributed by atoms with Gasteiger partial charge >= 0.3 is 0 Å². The molecule has 0 saturated carbocycles. The molecule has 1 atom stereocenters. The van der Waals surface area contributed by atoms with Gasteiger partial charge in [0.05, 0.1) is 4.83 Å². The van der Waals surface area contributed by atoms with Crippen LogP contribution < -0.4 is 0 Å². The molecule has 1 nitrogen and oxygen atoms in total. The Morgan fingerprint density at radius 2 is 2.21 bits per heavy atom. The van der Waals surface area contributed by atoms with Gasteiger partial charge in [0.1, 0.15) is 5.78 Å². The highest BCUT2D eigenvalue weighted by atomic mass is 79.9. The summed E-state index contributed by atoms with van der Waals surface area (Å²) in [6, 6.07) is 5.78. The van der Waals surface area contributed by atoms with E-state index in [0.717, 1.165) is 21.4 Å². The lowest BCUT2D eigenvalue weighted by Crippen LogP contribution is -2.03. The van der Waals surface area contributed by atoms with Crippen LogP contribution in [0.25, 0.3) is 0 Å². The van der Waals surface area contributed by atoms with Gasteiger partial charge in [-0.2, -0.15) is 0 Å². The van der Waals surface area contributed by atoms with E-state index in [4.69, 9.17) is 0 Å². The Kier molecular flexibility index (Phi) is 4.67. The number of carbonyl (C=O) groups is 1. The van der Waals surface area contributed by atoms with E-state index in [2.05, 4.69) is 44.5 Å². The molecule has 0 aliphatic rings. The van der Waals surface area contributed by atoms with Crippen LogP contribution in [-0.4, -0.2) is 5.78 Å². The third-order valence-corrected chi connectivity index (χ3v) is 3.92. The normalized spacial score (nSPS) is 12.6. The monoisotopic (exact) mass is 336 g/mol. The van der Waals surface area contributed by atoms with Crippen molar-refractivity contribution in [2.24, 2.45) is 0 Å². The van der Waals surface area contributed by atoms with Crippen molar-refractivity contribution >= 4 is 50.3 Å². The Bertz CT molecular complexity index is 352. The van der Waals surface area contributed by atoms with Gasteiger partial charge in [0, 0.05) is 10.2 Å². The molecule has 0 aromatic heterocycles. The van der Waals surface area contributed by atoms with Gasteiger partial charge in [-0.15, -0.1) is 12.6 Å². The summed E-state index contributed by atoms with van der Waals surface area (Å²) < 4.78 is 0. The van der Waals surface area contributed by atoms with Gasteiger partial charge < -0.3 is 0 Å². The van der Waals surface area contributed by atoms with Gasteiger partial charge in [0.15, 0.2) is 0 Å². The molecule has 1 aromatic carbocycles. The van der Waals surface area contributed by atoms with Gasteiger partial charge in [-0.1, -0.05) is 37.9 Å². The Morgan fingerprint density at radius 3 is 2.71 bits per heavy atom. The zero-order valence-corrected chi connectivity index (χ0v) is 11.7. The number of Topliss-reactive ketones (excluding diaryl/α,β-unsaturated/α-hetero) is 1. The van der Waals surface area contributed by atoms with Crippen LogP contribution in [0.1, 0.15) is 22.9 Å². The van der Waals surface area contributed by atoms with Gasteiger partial charge in [0.2, 0.25) is 0 Å². The van der Waals surface area contributed by atoms with Gasteiger partial charge in [-0.3, -0.25) is 4.79 Å². The molecular weight excluding hydrogens is 328 g/mol. The number of ketones is 1. The molecular formula is C10H10Br2OS. The van der Waals surface area contributed by atoms with Gasteiger partial charge in [-0.25, -0.2) is 0 Å². The van der Waals surface area contributed by atoms with Crippen molar-refractivity contribution < 1.29 is 4.79 Å². The second-order valence-corrected chi connectivity index (χ2v) is 4.98. The Balaban J connectivity index is 3.13. The van der Waals surface area contributed by atoms with Crippen LogP contribution in [0, 0.1) is 0 Å². The summed E-state index contributed by atoms with van der Waals surface area (Å²) in [5, 5.41) is 0.728. The van der Waals surface area contributed by atoms with Gasteiger partial charge in [0.25, 0.3) is 0 Å².